The molecule has 3 N–H and O–H groups in total. The molecule has 0 bridgehead atoms. The number of aromatic amines is 2. The normalized spacial score (nSPS) is 13.2. The average Bonchev–Trinajstić information content (AvgIpc) is 2.65. The molecule has 1 amide bonds. The van der Waals surface area contributed by atoms with Gasteiger partial charge in [-0.25, -0.2) is 4.99 Å². The van der Waals surface area contributed by atoms with Crippen LogP contribution in [-0.4, -0.2) is 21.0 Å². The molecule has 2 aromatic rings. The first kappa shape index (κ1) is 12.9. The first-order chi connectivity index (χ1) is 9.47. The van der Waals surface area contributed by atoms with E-state index in [4.69, 9.17) is 12.2 Å². The smallest absolute Gasteiger partial charge is 0.279 e. The summed E-state index contributed by atoms with van der Waals surface area (Å²) in [6, 6.07) is 5.06. The van der Waals surface area contributed by atoms with Gasteiger partial charge in [-0.3, -0.25) is 14.6 Å². The molecule has 0 saturated heterocycles. The van der Waals surface area contributed by atoms with Gasteiger partial charge in [-0.2, -0.15) is 0 Å². The van der Waals surface area contributed by atoms with Gasteiger partial charge in [0.2, 0.25) is 5.88 Å². The second kappa shape index (κ2) is 4.50. The molecule has 20 heavy (non-hydrogen) atoms. The van der Waals surface area contributed by atoms with Crippen molar-refractivity contribution in [3.8, 4) is 5.88 Å². The molecule has 3 rings (SSSR count). The molecule has 100 valence electrons. The van der Waals surface area contributed by atoms with Crippen LogP contribution in [0.1, 0.15) is 5.56 Å². The van der Waals surface area contributed by atoms with E-state index in [1.165, 1.54) is 0 Å². The summed E-state index contributed by atoms with van der Waals surface area (Å²) in [5.74, 6) is -1.03. The first-order valence-electron chi connectivity index (χ1n) is 5.46. The maximum absolute atomic E-state index is 12.0. The molecule has 0 spiro atoms. The molecule has 1 aromatic heterocycles. The van der Waals surface area contributed by atoms with Crippen LogP contribution in [-0.2, 0) is 4.79 Å². The summed E-state index contributed by atoms with van der Waals surface area (Å²) in [5.41, 5.74) is -0.756. The van der Waals surface area contributed by atoms with Crippen LogP contribution in [0.3, 0.4) is 0 Å². The summed E-state index contributed by atoms with van der Waals surface area (Å²) in [6.45, 7) is 0. The molecule has 1 aromatic carbocycles. The zero-order valence-corrected chi connectivity index (χ0v) is 12.1. The highest BCUT2D eigenvalue weighted by Gasteiger charge is 2.24. The van der Waals surface area contributed by atoms with Crippen LogP contribution in [0.5, 0.6) is 5.88 Å². The summed E-state index contributed by atoms with van der Waals surface area (Å²) in [6.07, 6.45) is 0. The third-order valence-corrected chi connectivity index (χ3v) is 3.53. The highest BCUT2D eigenvalue weighted by Crippen LogP contribution is 2.19. The Morgan fingerprint density at radius 1 is 1.25 bits per heavy atom. The quantitative estimate of drug-likeness (QED) is 0.642. The van der Waals surface area contributed by atoms with Crippen LogP contribution < -0.4 is 16.1 Å². The molecular weight excluding hydrogens is 346 g/mol. The monoisotopic (exact) mass is 351 g/mol. The standard InChI is InChI=1S/C12H6BrN3O3S/c13-4-1-2-6-5(3-4)7(9(17)14-6)8-10(18)15-12(20)16-11(8)19/h1-3H,(H3,15,16,18,19,20). The first-order valence-corrected chi connectivity index (χ1v) is 6.66. The van der Waals surface area contributed by atoms with Crippen LogP contribution in [0, 0.1) is 4.77 Å². The van der Waals surface area contributed by atoms with Crippen LogP contribution in [0.4, 0.5) is 0 Å². The number of amides is 1. The highest BCUT2D eigenvalue weighted by atomic mass is 79.9. The van der Waals surface area contributed by atoms with Gasteiger partial charge in [0.15, 0.2) is 4.77 Å². The number of hydrogen-bond acceptors (Lipinski definition) is 4. The number of rotatable bonds is 1. The van der Waals surface area contributed by atoms with Gasteiger partial charge in [0.1, 0.15) is 5.56 Å². The predicted octanol–water partition coefficient (Wildman–Crippen LogP) is 0.259. The van der Waals surface area contributed by atoms with Gasteiger partial charge >= 0.3 is 0 Å². The Bertz CT molecular complexity index is 990. The summed E-state index contributed by atoms with van der Waals surface area (Å²) in [4.78, 5) is 32.6. The van der Waals surface area contributed by atoms with Crippen molar-refractivity contribution in [2.24, 2.45) is 4.99 Å². The topological polar surface area (TPSA) is 98.3 Å². The number of carbonyl (C=O) groups excluding carboxylic acids is 1. The Labute approximate surface area is 124 Å². The van der Waals surface area contributed by atoms with E-state index in [-0.39, 0.29) is 15.9 Å². The molecule has 1 aliphatic heterocycles. The Morgan fingerprint density at radius 3 is 2.70 bits per heavy atom. The van der Waals surface area contributed by atoms with Gasteiger partial charge in [0, 0.05) is 9.69 Å². The van der Waals surface area contributed by atoms with Crippen LogP contribution in [0.25, 0.3) is 5.57 Å². The van der Waals surface area contributed by atoms with Crippen molar-refractivity contribution >= 4 is 39.6 Å². The number of benzene rings is 1. The maximum atomic E-state index is 12.0. The van der Waals surface area contributed by atoms with E-state index < -0.39 is 17.3 Å². The lowest BCUT2D eigenvalue weighted by molar-refractivity contribution is -0.112. The van der Waals surface area contributed by atoms with Gasteiger partial charge < -0.3 is 10.1 Å². The SMILES string of the molecule is O=C1N=c2ccc(Br)cc2=C1c1c(O)[nH]c(=S)[nH]c1=O. The van der Waals surface area contributed by atoms with E-state index in [9.17, 15) is 14.7 Å². The van der Waals surface area contributed by atoms with Gasteiger partial charge in [0.05, 0.1) is 10.9 Å². The highest BCUT2D eigenvalue weighted by molar-refractivity contribution is 9.10. The Hall–Kier alpha value is -2.06. The molecule has 0 fully saturated rings. The van der Waals surface area contributed by atoms with E-state index in [0.29, 0.717) is 10.6 Å². The van der Waals surface area contributed by atoms with Crippen molar-refractivity contribution in [3.05, 3.63) is 53.9 Å². The summed E-state index contributed by atoms with van der Waals surface area (Å²) < 4.78 is 0.715. The van der Waals surface area contributed by atoms with Crippen LogP contribution in [0.2, 0.25) is 0 Å². The molecule has 6 nitrogen and oxygen atoms in total. The molecule has 0 aliphatic carbocycles. The zero-order chi connectivity index (χ0) is 14.4. The van der Waals surface area contributed by atoms with E-state index in [0.717, 1.165) is 4.47 Å². The number of H-pyrrole nitrogens is 2. The lowest BCUT2D eigenvalue weighted by atomic mass is 10.1. The van der Waals surface area contributed by atoms with E-state index >= 15 is 0 Å². The number of nitrogens with one attached hydrogen (secondary N) is 2. The second-order valence-electron chi connectivity index (χ2n) is 4.09. The molecule has 0 saturated carbocycles. The van der Waals surface area contributed by atoms with Crippen molar-refractivity contribution in [2.45, 2.75) is 0 Å². The molecule has 0 unspecified atom stereocenters. The number of aromatic hydroxyl groups is 1. The number of hydrogen-bond donors (Lipinski definition) is 3. The van der Waals surface area contributed by atoms with Crippen molar-refractivity contribution in [2.75, 3.05) is 0 Å². The molecule has 8 heteroatoms. The van der Waals surface area contributed by atoms with Crippen LogP contribution >= 0.6 is 28.1 Å². The fourth-order valence-electron chi connectivity index (χ4n) is 2.03. The third-order valence-electron chi connectivity index (χ3n) is 2.84. The molecule has 0 atom stereocenters. The number of fused-ring (bicyclic) bond motifs is 1. The van der Waals surface area contributed by atoms with Crippen molar-refractivity contribution in [1.82, 2.24) is 9.97 Å². The number of carbonyl (C=O) groups is 1. The van der Waals surface area contributed by atoms with Crippen molar-refractivity contribution in [1.29, 1.82) is 0 Å². The van der Waals surface area contributed by atoms with Crippen molar-refractivity contribution in [3.63, 3.8) is 0 Å². The molecule has 0 radical (unpaired) electrons. The summed E-state index contributed by atoms with van der Waals surface area (Å²) >= 11 is 8.05. The van der Waals surface area contributed by atoms with E-state index in [2.05, 4.69) is 30.9 Å². The lowest BCUT2D eigenvalue weighted by Crippen LogP contribution is -2.26. The minimum absolute atomic E-state index is 0.0197. The van der Waals surface area contributed by atoms with Gasteiger partial charge in [0.25, 0.3) is 11.5 Å². The van der Waals surface area contributed by atoms with Gasteiger partial charge in [-0.05, 0) is 30.4 Å². The minimum atomic E-state index is -0.641. The lowest BCUT2D eigenvalue weighted by Gasteiger charge is -2.02. The van der Waals surface area contributed by atoms with E-state index in [1.54, 1.807) is 18.2 Å². The Morgan fingerprint density at radius 2 is 2.00 bits per heavy atom. The Kier molecular flexibility index (Phi) is 2.91. The fraction of sp³-hybridized carbons (Fsp3) is 0. The molecule has 1 aliphatic rings. The largest absolute Gasteiger partial charge is 0.494 e. The minimum Gasteiger partial charge on any atom is -0.494 e. The predicted molar refractivity (Wildman–Crippen MR) is 76.4 cm³/mol. The summed E-state index contributed by atoms with van der Waals surface area (Å²) in [7, 11) is 0. The summed E-state index contributed by atoms with van der Waals surface area (Å²) in [5, 5.41) is 10.8. The Balaban J connectivity index is 2.50. The molecular formula is C12H6BrN3O3S. The van der Waals surface area contributed by atoms with Crippen molar-refractivity contribution < 1.29 is 9.90 Å². The number of nitrogens with zero attached hydrogens (tertiary/aromatic N) is 1. The second-order valence-corrected chi connectivity index (χ2v) is 5.41. The fourth-order valence-corrected chi connectivity index (χ4v) is 2.58. The zero-order valence-electron chi connectivity index (χ0n) is 9.73. The van der Waals surface area contributed by atoms with Crippen LogP contribution in [0.15, 0.2) is 32.5 Å². The van der Waals surface area contributed by atoms with Gasteiger partial charge in [-0.1, -0.05) is 15.9 Å². The van der Waals surface area contributed by atoms with Gasteiger partial charge in [-0.15, -0.1) is 0 Å². The van der Waals surface area contributed by atoms with E-state index in [1.807, 2.05) is 0 Å². The third kappa shape index (κ3) is 1.93. The maximum Gasteiger partial charge on any atom is 0.279 e. The molecule has 2 heterocycles. The number of halogens is 1. The average molecular weight is 352 g/mol. The number of aromatic nitrogens is 2.